The summed E-state index contributed by atoms with van der Waals surface area (Å²) < 4.78 is 0. The molecule has 0 aliphatic rings. The Bertz CT molecular complexity index is 419. The van der Waals surface area contributed by atoms with Gasteiger partial charge < -0.3 is 0 Å². The third kappa shape index (κ3) is 1.88. The standard InChI is InChI=1S/C10H10N2O2/c1-7-5-9(3-4-11)10(12(13)14)6-8(7)2/h5-6H,3H2,1-2H3. The lowest BCUT2D eigenvalue weighted by Crippen LogP contribution is -1.97. The van der Waals surface area contributed by atoms with Gasteiger partial charge in [-0.1, -0.05) is 0 Å². The average molecular weight is 190 g/mol. The third-order valence-electron chi connectivity index (χ3n) is 2.16. The zero-order valence-electron chi connectivity index (χ0n) is 8.07. The molecule has 0 bridgehead atoms. The lowest BCUT2D eigenvalue weighted by molar-refractivity contribution is -0.385. The van der Waals surface area contributed by atoms with E-state index >= 15 is 0 Å². The fourth-order valence-corrected chi connectivity index (χ4v) is 1.26. The van der Waals surface area contributed by atoms with Crippen molar-refractivity contribution >= 4 is 5.69 Å². The van der Waals surface area contributed by atoms with Crippen molar-refractivity contribution in [1.82, 2.24) is 0 Å². The maximum atomic E-state index is 10.7. The largest absolute Gasteiger partial charge is 0.273 e. The van der Waals surface area contributed by atoms with E-state index in [4.69, 9.17) is 5.26 Å². The molecule has 72 valence electrons. The highest BCUT2D eigenvalue weighted by atomic mass is 16.6. The van der Waals surface area contributed by atoms with Crippen molar-refractivity contribution in [3.63, 3.8) is 0 Å². The van der Waals surface area contributed by atoms with Crippen molar-refractivity contribution in [2.45, 2.75) is 20.3 Å². The molecule has 1 aromatic rings. The maximum absolute atomic E-state index is 10.7. The van der Waals surface area contributed by atoms with Crippen LogP contribution in [-0.2, 0) is 6.42 Å². The number of nitriles is 1. The summed E-state index contributed by atoms with van der Waals surface area (Å²) in [5.41, 5.74) is 2.37. The molecule has 0 saturated carbocycles. The molecular formula is C10H10N2O2. The van der Waals surface area contributed by atoms with E-state index in [0.29, 0.717) is 5.56 Å². The highest BCUT2D eigenvalue weighted by molar-refractivity contribution is 5.47. The second-order valence-corrected chi connectivity index (χ2v) is 3.16. The van der Waals surface area contributed by atoms with Gasteiger partial charge in [0.05, 0.1) is 17.4 Å². The lowest BCUT2D eigenvalue weighted by atomic mass is 10.0. The predicted molar refractivity (Wildman–Crippen MR) is 51.9 cm³/mol. The van der Waals surface area contributed by atoms with Crippen molar-refractivity contribution in [1.29, 1.82) is 5.26 Å². The Balaban J connectivity index is 3.32. The fourth-order valence-electron chi connectivity index (χ4n) is 1.26. The Hall–Kier alpha value is -1.89. The molecule has 0 radical (unpaired) electrons. The topological polar surface area (TPSA) is 66.9 Å². The molecule has 0 N–H and O–H groups in total. The molecule has 0 fully saturated rings. The van der Waals surface area contributed by atoms with Crippen LogP contribution in [0.5, 0.6) is 0 Å². The van der Waals surface area contributed by atoms with E-state index in [1.54, 1.807) is 6.07 Å². The Morgan fingerprint density at radius 1 is 1.43 bits per heavy atom. The molecule has 0 aliphatic carbocycles. The highest BCUT2D eigenvalue weighted by Crippen LogP contribution is 2.23. The Morgan fingerprint density at radius 2 is 2.00 bits per heavy atom. The summed E-state index contributed by atoms with van der Waals surface area (Å²) in [6.07, 6.45) is 0.0808. The summed E-state index contributed by atoms with van der Waals surface area (Å²) in [5.74, 6) is 0. The maximum Gasteiger partial charge on any atom is 0.273 e. The summed E-state index contributed by atoms with van der Waals surface area (Å²) in [7, 11) is 0. The first-order chi connectivity index (χ1) is 6.56. The first-order valence-electron chi connectivity index (χ1n) is 4.17. The third-order valence-corrected chi connectivity index (χ3v) is 2.16. The smallest absolute Gasteiger partial charge is 0.258 e. The first kappa shape index (κ1) is 10.2. The Kier molecular flexibility index (Phi) is 2.82. The predicted octanol–water partition coefficient (Wildman–Crippen LogP) is 2.28. The van der Waals surface area contributed by atoms with E-state index in [1.807, 2.05) is 19.9 Å². The van der Waals surface area contributed by atoms with Crippen molar-refractivity contribution < 1.29 is 4.92 Å². The van der Waals surface area contributed by atoms with E-state index < -0.39 is 4.92 Å². The van der Waals surface area contributed by atoms with E-state index in [9.17, 15) is 10.1 Å². The van der Waals surface area contributed by atoms with Crippen LogP contribution >= 0.6 is 0 Å². The zero-order chi connectivity index (χ0) is 10.7. The molecule has 0 heterocycles. The van der Waals surface area contributed by atoms with Crippen LogP contribution in [0.4, 0.5) is 5.69 Å². The van der Waals surface area contributed by atoms with Gasteiger partial charge in [0.25, 0.3) is 5.69 Å². The lowest BCUT2D eigenvalue weighted by Gasteiger charge is -2.03. The summed E-state index contributed by atoms with van der Waals surface area (Å²) in [4.78, 5) is 10.2. The van der Waals surface area contributed by atoms with Crippen LogP contribution in [0.3, 0.4) is 0 Å². The van der Waals surface area contributed by atoms with Gasteiger partial charge in [-0.05, 0) is 31.0 Å². The first-order valence-corrected chi connectivity index (χ1v) is 4.17. The number of aryl methyl sites for hydroxylation is 2. The molecule has 0 unspecified atom stereocenters. The molecule has 1 rings (SSSR count). The van der Waals surface area contributed by atoms with Crippen LogP contribution in [0.15, 0.2) is 12.1 Å². The second kappa shape index (κ2) is 3.88. The molecular weight excluding hydrogens is 180 g/mol. The van der Waals surface area contributed by atoms with Crippen molar-refractivity contribution in [3.8, 4) is 6.07 Å². The fraction of sp³-hybridized carbons (Fsp3) is 0.300. The number of hydrogen-bond donors (Lipinski definition) is 0. The van der Waals surface area contributed by atoms with Crippen LogP contribution in [-0.4, -0.2) is 4.92 Å². The Labute approximate surface area is 81.9 Å². The normalized spacial score (nSPS) is 9.50. The molecule has 0 aliphatic heterocycles. The molecule has 0 spiro atoms. The average Bonchev–Trinajstić information content (AvgIpc) is 2.11. The monoisotopic (exact) mass is 190 g/mol. The van der Waals surface area contributed by atoms with Gasteiger partial charge in [0.15, 0.2) is 0 Å². The molecule has 4 heteroatoms. The van der Waals surface area contributed by atoms with E-state index in [-0.39, 0.29) is 12.1 Å². The number of nitro benzene ring substituents is 1. The minimum Gasteiger partial charge on any atom is -0.258 e. The Morgan fingerprint density at radius 3 is 2.50 bits per heavy atom. The number of hydrogen-bond acceptors (Lipinski definition) is 3. The van der Waals surface area contributed by atoms with Gasteiger partial charge in [-0.25, -0.2) is 0 Å². The summed E-state index contributed by atoms with van der Waals surface area (Å²) in [6.45, 7) is 3.69. The van der Waals surface area contributed by atoms with Crippen LogP contribution in [0, 0.1) is 35.3 Å². The van der Waals surface area contributed by atoms with Gasteiger partial charge in [-0.3, -0.25) is 10.1 Å². The summed E-state index contributed by atoms with van der Waals surface area (Å²) in [6, 6.07) is 5.14. The summed E-state index contributed by atoms with van der Waals surface area (Å²) in [5, 5.41) is 19.2. The van der Waals surface area contributed by atoms with Crippen LogP contribution in [0.25, 0.3) is 0 Å². The summed E-state index contributed by atoms with van der Waals surface area (Å²) >= 11 is 0. The minimum absolute atomic E-state index is 0.0367. The van der Waals surface area contributed by atoms with Crippen LogP contribution in [0.2, 0.25) is 0 Å². The van der Waals surface area contributed by atoms with Gasteiger partial charge in [-0.15, -0.1) is 0 Å². The second-order valence-electron chi connectivity index (χ2n) is 3.16. The number of nitrogens with zero attached hydrogens (tertiary/aromatic N) is 2. The van der Waals surface area contributed by atoms with Gasteiger partial charge in [0.2, 0.25) is 0 Å². The number of nitro groups is 1. The molecule has 0 saturated heterocycles. The van der Waals surface area contributed by atoms with Crippen LogP contribution in [0.1, 0.15) is 16.7 Å². The van der Waals surface area contributed by atoms with Gasteiger partial charge in [0, 0.05) is 11.6 Å². The molecule has 0 atom stereocenters. The SMILES string of the molecule is Cc1cc(CC#N)c([N+](=O)[O-])cc1C. The van der Waals surface area contributed by atoms with Gasteiger partial charge in [0.1, 0.15) is 0 Å². The zero-order valence-corrected chi connectivity index (χ0v) is 8.07. The molecule has 4 nitrogen and oxygen atoms in total. The van der Waals surface area contributed by atoms with E-state index in [1.165, 1.54) is 6.07 Å². The highest BCUT2D eigenvalue weighted by Gasteiger charge is 2.14. The van der Waals surface area contributed by atoms with Crippen LogP contribution < -0.4 is 0 Å². The quantitative estimate of drug-likeness (QED) is 0.530. The number of rotatable bonds is 2. The van der Waals surface area contributed by atoms with E-state index in [2.05, 4.69) is 0 Å². The molecule has 0 amide bonds. The van der Waals surface area contributed by atoms with Crippen molar-refractivity contribution in [2.24, 2.45) is 0 Å². The van der Waals surface area contributed by atoms with Crippen molar-refractivity contribution in [2.75, 3.05) is 0 Å². The van der Waals surface area contributed by atoms with Crippen molar-refractivity contribution in [3.05, 3.63) is 38.9 Å². The van der Waals surface area contributed by atoms with Gasteiger partial charge >= 0.3 is 0 Å². The molecule has 0 aromatic heterocycles. The number of benzene rings is 1. The minimum atomic E-state index is -0.445. The van der Waals surface area contributed by atoms with E-state index in [0.717, 1.165) is 11.1 Å². The van der Waals surface area contributed by atoms with Gasteiger partial charge in [-0.2, -0.15) is 5.26 Å². The molecule has 14 heavy (non-hydrogen) atoms. The molecule has 1 aromatic carbocycles.